The molecule has 7 heteroatoms. The van der Waals surface area contributed by atoms with Gasteiger partial charge in [0.15, 0.2) is 5.11 Å². The van der Waals surface area contributed by atoms with Crippen LogP contribution in [0.5, 0.6) is 0 Å². The van der Waals surface area contributed by atoms with E-state index in [1.54, 1.807) is 6.20 Å². The van der Waals surface area contributed by atoms with Crippen molar-refractivity contribution in [2.75, 3.05) is 13.2 Å². The first-order valence-electron chi connectivity index (χ1n) is 10.1. The van der Waals surface area contributed by atoms with Crippen LogP contribution >= 0.6 is 23.8 Å². The second-order valence-electron chi connectivity index (χ2n) is 7.62. The summed E-state index contributed by atoms with van der Waals surface area (Å²) in [5, 5.41) is 4.87. The van der Waals surface area contributed by atoms with Crippen molar-refractivity contribution in [3.63, 3.8) is 0 Å². The number of hydrogen-bond acceptors (Lipinski definition) is 4. The molecule has 3 aromatic rings. The SMILES string of the molecule is S=C1N[C@H](c2ccccn2)[C@@H](c2ccc(-c3ccc(Cl)cc3)o2)N1C[C@H]1CCCO1. The number of aromatic nitrogens is 1. The Hall–Kier alpha value is -2.41. The van der Waals surface area contributed by atoms with Gasteiger partial charge < -0.3 is 19.4 Å². The van der Waals surface area contributed by atoms with E-state index in [0.717, 1.165) is 48.8 Å². The number of thiocarbonyl (C=S) groups is 1. The van der Waals surface area contributed by atoms with E-state index in [9.17, 15) is 0 Å². The third-order valence-electron chi connectivity index (χ3n) is 5.67. The summed E-state index contributed by atoms with van der Waals surface area (Å²) in [7, 11) is 0. The van der Waals surface area contributed by atoms with Gasteiger partial charge in [0.05, 0.1) is 17.8 Å². The molecule has 5 rings (SSSR count). The second kappa shape index (κ2) is 8.38. The van der Waals surface area contributed by atoms with Crippen molar-refractivity contribution in [2.45, 2.75) is 31.0 Å². The number of benzene rings is 1. The zero-order chi connectivity index (χ0) is 20.5. The molecule has 5 nitrogen and oxygen atoms in total. The predicted molar refractivity (Wildman–Crippen MR) is 120 cm³/mol. The quantitative estimate of drug-likeness (QED) is 0.555. The lowest BCUT2D eigenvalue weighted by molar-refractivity contribution is 0.0818. The number of rotatable bonds is 5. The number of halogens is 1. The molecular weight excluding hydrogens is 418 g/mol. The Kier molecular flexibility index (Phi) is 5.46. The Morgan fingerprint density at radius 1 is 1.13 bits per heavy atom. The summed E-state index contributed by atoms with van der Waals surface area (Å²) in [5.74, 6) is 1.65. The predicted octanol–water partition coefficient (Wildman–Crippen LogP) is 5.15. The van der Waals surface area contributed by atoms with Crippen molar-refractivity contribution in [3.05, 3.63) is 77.3 Å². The first-order valence-corrected chi connectivity index (χ1v) is 10.9. The van der Waals surface area contributed by atoms with Crippen LogP contribution in [0.2, 0.25) is 5.02 Å². The van der Waals surface area contributed by atoms with E-state index in [4.69, 9.17) is 33.0 Å². The van der Waals surface area contributed by atoms with Gasteiger partial charge in [-0.2, -0.15) is 0 Å². The fraction of sp³-hybridized carbons (Fsp3) is 0.304. The third kappa shape index (κ3) is 3.83. The smallest absolute Gasteiger partial charge is 0.170 e. The van der Waals surface area contributed by atoms with E-state index in [0.29, 0.717) is 10.1 Å². The summed E-state index contributed by atoms with van der Waals surface area (Å²) in [6.07, 6.45) is 4.13. The van der Waals surface area contributed by atoms with Crippen molar-refractivity contribution in [1.82, 2.24) is 15.2 Å². The van der Waals surface area contributed by atoms with Gasteiger partial charge in [0, 0.05) is 29.9 Å². The molecular formula is C23H22ClN3O2S. The van der Waals surface area contributed by atoms with Gasteiger partial charge in [0.2, 0.25) is 0 Å². The van der Waals surface area contributed by atoms with Crippen LogP contribution in [0.3, 0.4) is 0 Å². The van der Waals surface area contributed by atoms with Gasteiger partial charge in [-0.05, 0) is 73.6 Å². The summed E-state index contributed by atoms with van der Waals surface area (Å²) >= 11 is 11.8. The van der Waals surface area contributed by atoms with Crippen molar-refractivity contribution < 1.29 is 9.15 Å². The summed E-state index contributed by atoms with van der Waals surface area (Å²) < 4.78 is 12.2. The lowest BCUT2D eigenvalue weighted by Gasteiger charge is -2.28. The molecule has 0 unspecified atom stereocenters. The summed E-state index contributed by atoms with van der Waals surface area (Å²) in [5.41, 5.74) is 1.92. The molecule has 30 heavy (non-hydrogen) atoms. The molecule has 0 amide bonds. The fourth-order valence-corrected chi connectivity index (χ4v) is 4.64. The zero-order valence-corrected chi connectivity index (χ0v) is 17.9. The minimum atomic E-state index is -0.0994. The molecule has 2 fully saturated rings. The van der Waals surface area contributed by atoms with Gasteiger partial charge in [-0.25, -0.2) is 0 Å². The molecule has 2 aliphatic rings. The maximum atomic E-state index is 6.34. The highest BCUT2D eigenvalue weighted by molar-refractivity contribution is 7.80. The molecule has 1 aromatic carbocycles. The van der Waals surface area contributed by atoms with Crippen LogP contribution in [0.15, 0.2) is 65.2 Å². The lowest BCUT2D eigenvalue weighted by Crippen LogP contribution is -2.36. The van der Waals surface area contributed by atoms with Crippen LogP contribution in [0.25, 0.3) is 11.3 Å². The standard InChI is InChI=1S/C23H22ClN3O2S/c24-16-8-6-15(7-9-16)19-10-11-20(29-19)22-21(18-5-1-2-12-25-18)26-23(30)27(22)14-17-4-3-13-28-17/h1-2,5-12,17,21-22H,3-4,13-14H2,(H,26,30)/t17-,21-,22-/m1/s1. The minimum absolute atomic E-state index is 0.0932. The average Bonchev–Trinajstić information content (AvgIpc) is 3.51. The maximum Gasteiger partial charge on any atom is 0.170 e. The van der Waals surface area contributed by atoms with Crippen LogP contribution in [-0.4, -0.2) is 34.3 Å². The number of nitrogens with one attached hydrogen (secondary N) is 1. The molecule has 0 radical (unpaired) electrons. The molecule has 2 saturated heterocycles. The Morgan fingerprint density at radius 2 is 2.00 bits per heavy atom. The molecule has 0 aliphatic carbocycles. The fourth-order valence-electron chi connectivity index (χ4n) is 4.20. The average molecular weight is 440 g/mol. The van der Waals surface area contributed by atoms with E-state index >= 15 is 0 Å². The summed E-state index contributed by atoms with van der Waals surface area (Å²) in [6.45, 7) is 1.55. The van der Waals surface area contributed by atoms with E-state index in [-0.39, 0.29) is 18.2 Å². The van der Waals surface area contributed by atoms with Crippen molar-refractivity contribution in [2.24, 2.45) is 0 Å². The number of nitrogens with zero attached hydrogens (tertiary/aromatic N) is 2. The molecule has 2 aromatic heterocycles. The minimum Gasteiger partial charge on any atom is -0.459 e. The Labute approximate surface area is 186 Å². The van der Waals surface area contributed by atoms with Gasteiger partial charge in [0.1, 0.15) is 17.6 Å². The van der Waals surface area contributed by atoms with Crippen molar-refractivity contribution in [1.29, 1.82) is 0 Å². The first-order chi connectivity index (χ1) is 14.7. The molecule has 154 valence electrons. The Balaban J connectivity index is 1.50. The van der Waals surface area contributed by atoms with Gasteiger partial charge in [-0.1, -0.05) is 17.7 Å². The highest BCUT2D eigenvalue weighted by Crippen LogP contribution is 2.41. The van der Waals surface area contributed by atoms with Gasteiger partial charge in [0.25, 0.3) is 0 Å². The monoisotopic (exact) mass is 439 g/mol. The molecule has 2 aliphatic heterocycles. The summed E-state index contributed by atoms with van der Waals surface area (Å²) in [4.78, 5) is 6.77. The highest BCUT2D eigenvalue weighted by atomic mass is 35.5. The topological polar surface area (TPSA) is 50.5 Å². The summed E-state index contributed by atoms with van der Waals surface area (Å²) in [6, 6.07) is 17.4. The molecule has 3 atom stereocenters. The van der Waals surface area contributed by atoms with Crippen LogP contribution in [0, 0.1) is 0 Å². The Bertz CT molecular complexity index is 1020. The maximum absolute atomic E-state index is 6.34. The molecule has 0 saturated carbocycles. The normalized spacial score (nSPS) is 23.7. The van der Waals surface area contributed by atoms with E-state index in [1.165, 1.54) is 0 Å². The van der Waals surface area contributed by atoms with Gasteiger partial charge >= 0.3 is 0 Å². The van der Waals surface area contributed by atoms with Crippen LogP contribution in [-0.2, 0) is 4.74 Å². The van der Waals surface area contributed by atoms with E-state index < -0.39 is 0 Å². The number of pyridine rings is 1. The van der Waals surface area contributed by atoms with Crippen LogP contribution in [0.4, 0.5) is 0 Å². The van der Waals surface area contributed by atoms with E-state index in [1.807, 2.05) is 54.6 Å². The van der Waals surface area contributed by atoms with Gasteiger partial charge in [-0.15, -0.1) is 0 Å². The number of furan rings is 1. The number of ether oxygens (including phenoxy) is 1. The van der Waals surface area contributed by atoms with Crippen LogP contribution in [0.1, 0.15) is 36.4 Å². The van der Waals surface area contributed by atoms with Crippen molar-refractivity contribution in [3.8, 4) is 11.3 Å². The second-order valence-corrected chi connectivity index (χ2v) is 8.45. The third-order valence-corrected chi connectivity index (χ3v) is 6.27. The van der Waals surface area contributed by atoms with E-state index in [2.05, 4.69) is 15.2 Å². The molecule has 1 N–H and O–H groups in total. The zero-order valence-electron chi connectivity index (χ0n) is 16.3. The molecule has 4 heterocycles. The number of hydrogen-bond donors (Lipinski definition) is 1. The first kappa shape index (κ1) is 19.5. The van der Waals surface area contributed by atoms with Gasteiger partial charge in [-0.3, -0.25) is 4.98 Å². The van der Waals surface area contributed by atoms with Crippen LogP contribution < -0.4 is 5.32 Å². The van der Waals surface area contributed by atoms with Crippen molar-refractivity contribution >= 4 is 28.9 Å². The highest BCUT2D eigenvalue weighted by Gasteiger charge is 2.42. The molecule has 0 spiro atoms. The lowest BCUT2D eigenvalue weighted by atomic mass is 10.0. The largest absolute Gasteiger partial charge is 0.459 e. The molecule has 0 bridgehead atoms. The Morgan fingerprint density at radius 3 is 2.73 bits per heavy atom.